The molecule has 1 aromatic carbocycles. The Hall–Kier alpha value is -0.990. The summed E-state index contributed by atoms with van der Waals surface area (Å²) in [5.74, 6) is 0.693. The fourth-order valence-corrected chi connectivity index (χ4v) is 1.62. The first-order chi connectivity index (χ1) is 7.49. The normalized spacial score (nSPS) is 12.2. The van der Waals surface area contributed by atoms with Gasteiger partial charge in [-0.2, -0.15) is 0 Å². The minimum Gasteiger partial charge on any atom is -0.488 e. The van der Waals surface area contributed by atoms with Gasteiger partial charge in [0.25, 0.3) is 0 Å². The van der Waals surface area contributed by atoms with Crippen molar-refractivity contribution >= 4 is 11.6 Å². The molecule has 0 aliphatic heterocycles. The van der Waals surface area contributed by atoms with Crippen molar-refractivity contribution in [2.24, 2.45) is 5.73 Å². The predicted molar refractivity (Wildman–Crippen MR) is 69.1 cm³/mol. The molecule has 0 radical (unpaired) electrons. The molecule has 3 heteroatoms. The summed E-state index contributed by atoms with van der Waals surface area (Å²) in [5, 5.41) is 0.624. The zero-order valence-electron chi connectivity index (χ0n) is 9.79. The van der Waals surface area contributed by atoms with Gasteiger partial charge < -0.3 is 10.5 Å². The Balaban J connectivity index is 2.71. The van der Waals surface area contributed by atoms with Crippen molar-refractivity contribution in [3.05, 3.63) is 40.9 Å². The second-order valence-electron chi connectivity index (χ2n) is 4.19. The van der Waals surface area contributed by atoms with Crippen LogP contribution < -0.4 is 10.5 Å². The van der Waals surface area contributed by atoms with Gasteiger partial charge in [0, 0.05) is 6.04 Å². The summed E-state index contributed by atoms with van der Waals surface area (Å²) in [7, 11) is 0. The van der Waals surface area contributed by atoms with E-state index in [1.54, 1.807) is 0 Å². The number of ether oxygens (including phenoxy) is 1. The number of benzene rings is 1. The monoisotopic (exact) mass is 239 g/mol. The van der Waals surface area contributed by atoms with E-state index in [0.29, 0.717) is 17.4 Å². The maximum absolute atomic E-state index is 6.10. The number of hydrogen-bond acceptors (Lipinski definition) is 2. The summed E-state index contributed by atoms with van der Waals surface area (Å²) in [6, 6.07) is 5.91. The second kappa shape index (κ2) is 5.92. The van der Waals surface area contributed by atoms with Crippen LogP contribution in [-0.4, -0.2) is 12.6 Å². The smallest absolute Gasteiger partial charge is 0.138 e. The maximum Gasteiger partial charge on any atom is 0.138 e. The van der Waals surface area contributed by atoms with Gasteiger partial charge in [-0.05, 0) is 43.5 Å². The molecule has 1 rings (SSSR count). The van der Waals surface area contributed by atoms with Crippen molar-refractivity contribution < 1.29 is 4.74 Å². The third kappa shape index (κ3) is 4.25. The quantitative estimate of drug-likeness (QED) is 0.801. The molecule has 0 spiro atoms. The average molecular weight is 240 g/mol. The highest BCUT2D eigenvalue weighted by Crippen LogP contribution is 2.26. The van der Waals surface area contributed by atoms with E-state index in [9.17, 15) is 0 Å². The molecule has 1 unspecified atom stereocenters. The van der Waals surface area contributed by atoms with Gasteiger partial charge in [0.15, 0.2) is 0 Å². The van der Waals surface area contributed by atoms with Crippen LogP contribution in [0.2, 0.25) is 5.02 Å². The standard InChI is InChI=1S/C13H18ClNO/c1-9(2)8-16-13-5-4-11(6-10(3)15)7-12(13)14/h4-5,7,10H,1,6,8,15H2,2-3H3. The molecule has 88 valence electrons. The van der Waals surface area contributed by atoms with Gasteiger partial charge in [-0.3, -0.25) is 0 Å². The molecule has 1 aromatic rings. The highest BCUT2D eigenvalue weighted by atomic mass is 35.5. The number of hydrogen-bond donors (Lipinski definition) is 1. The highest BCUT2D eigenvalue weighted by molar-refractivity contribution is 6.32. The number of rotatable bonds is 5. The van der Waals surface area contributed by atoms with Crippen LogP contribution in [0.1, 0.15) is 19.4 Å². The summed E-state index contributed by atoms with van der Waals surface area (Å²) >= 11 is 6.10. The summed E-state index contributed by atoms with van der Waals surface area (Å²) in [6.07, 6.45) is 0.820. The van der Waals surface area contributed by atoms with Crippen molar-refractivity contribution in [1.82, 2.24) is 0 Å². The summed E-state index contributed by atoms with van der Waals surface area (Å²) in [5.41, 5.74) is 7.82. The van der Waals surface area contributed by atoms with Crippen LogP contribution >= 0.6 is 11.6 Å². The molecular weight excluding hydrogens is 222 g/mol. The zero-order chi connectivity index (χ0) is 12.1. The second-order valence-corrected chi connectivity index (χ2v) is 4.60. The first kappa shape index (κ1) is 13.1. The first-order valence-corrected chi connectivity index (χ1v) is 5.68. The topological polar surface area (TPSA) is 35.2 Å². The summed E-state index contributed by atoms with van der Waals surface area (Å²) in [4.78, 5) is 0. The lowest BCUT2D eigenvalue weighted by molar-refractivity contribution is 0.353. The molecule has 0 saturated carbocycles. The molecule has 0 bridgehead atoms. The van der Waals surface area contributed by atoms with E-state index in [1.165, 1.54) is 0 Å². The van der Waals surface area contributed by atoms with Crippen LogP contribution in [0.4, 0.5) is 0 Å². The van der Waals surface area contributed by atoms with Gasteiger partial charge in [-0.15, -0.1) is 0 Å². The van der Waals surface area contributed by atoms with E-state index in [0.717, 1.165) is 17.6 Å². The van der Waals surface area contributed by atoms with Crippen molar-refractivity contribution in [2.45, 2.75) is 26.3 Å². The SMILES string of the molecule is C=C(C)COc1ccc(CC(C)N)cc1Cl. The molecule has 0 amide bonds. The molecule has 0 saturated heterocycles. The Bertz CT molecular complexity index is 374. The molecule has 1 atom stereocenters. The minimum absolute atomic E-state index is 0.137. The Labute approximate surface area is 102 Å². The largest absolute Gasteiger partial charge is 0.488 e. The van der Waals surface area contributed by atoms with Gasteiger partial charge in [0.05, 0.1) is 5.02 Å². The lowest BCUT2D eigenvalue weighted by Gasteiger charge is -2.10. The summed E-state index contributed by atoms with van der Waals surface area (Å²) < 4.78 is 5.50. The number of nitrogens with two attached hydrogens (primary N) is 1. The Kier molecular flexibility index (Phi) is 4.84. The van der Waals surface area contributed by atoms with Crippen molar-refractivity contribution in [3.63, 3.8) is 0 Å². The van der Waals surface area contributed by atoms with Crippen molar-refractivity contribution in [2.75, 3.05) is 6.61 Å². The zero-order valence-corrected chi connectivity index (χ0v) is 10.6. The highest BCUT2D eigenvalue weighted by Gasteiger charge is 2.04. The molecule has 0 heterocycles. The minimum atomic E-state index is 0.137. The van der Waals surface area contributed by atoms with E-state index in [-0.39, 0.29) is 6.04 Å². The maximum atomic E-state index is 6.10. The van der Waals surface area contributed by atoms with E-state index in [2.05, 4.69) is 6.58 Å². The van der Waals surface area contributed by atoms with Crippen LogP contribution in [0.15, 0.2) is 30.4 Å². The Morgan fingerprint density at radius 1 is 1.56 bits per heavy atom. The van der Waals surface area contributed by atoms with Gasteiger partial charge in [0.1, 0.15) is 12.4 Å². The first-order valence-electron chi connectivity index (χ1n) is 5.30. The van der Waals surface area contributed by atoms with Gasteiger partial charge in [-0.25, -0.2) is 0 Å². The Morgan fingerprint density at radius 2 is 2.25 bits per heavy atom. The van der Waals surface area contributed by atoms with Crippen molar-refractivity contribution in [1.29, 1.82) is 0 Å². The van der Waals surface area contributed by atoms with Crippen LogP contribution in [0.25, 0.3) is 0 Å². The predicted octanol–water partition coefficient (Wildman–Crippen LogP) is 3.18. The van der Waals surface area contributed by atoms with E-state index in [1.807, 2.05) is 32.0 Å². The van der Waals surface area contributed by atoms with E-state index in [4.69, 9.17) is 22.1 Å². The van der Waals surface area contributed by atoms with E-state index < -0.39 is 0 Å². The lowest BCUT2D eigenvalue weighted by Crippen LogP contribution is -2.17. The molecule has 2 N–H and O–H groups in total. The van der Waals surface area contributed by atoms with Gasteiger partial charge in [0.2, 0.25) is 0 Å². The van der Waals surface area contributed by atoms with E-state index >= 15 is 0 Å². The molecule has 16 heavy (non-hydrogen) atoms. The molecule has 0 aliphatic rings. The molecule has 0 aliphatic carbocycles. The molecule has 2 nitrogen and oxygen atoms in total. The molecular formula is C13H18ClNO. The van der Waals surface area contributed by atoms with Gasteiger partial charge >= 0.3 is 0 Å². The third-order valence-electron chi connectivity index (χ3n) is 2.03. The average Bonchev–Trinajstić information content (AvgIpc) is 2.15. The molecule has 0 aromatic heterocycles. The fourth-order valence-electron chi connectivity index (χ4n) is 1.36. The van der Waals surface area contributed by atoms with Crippen LogP contribution in [0, 0.1) is 0 Å². The fraction of sp³-hybridized carbons (Fsp3) is 0.385. The third-order valence-corrected chi connectivity index (χ3v) is 2.32. The summed E-state index contributed by atoms with van der Waals surface area (Å²) in [6.45, 7) is 8.15. The number of halogens is 1. The van der Waals surface area contributed by atoms with Crippen LogP contribution in [0.5, 0.6) is 5.75 Å². The van der Waals surface area contributed by atoms with Gasteiger partial charge in [-0.1, -0.05) is 24.2 Å². The van der Waals surface area contributed by atoms with Crippen LogP contribution in [-0.2, 0) is 6.42 Å². The van der Waals surface area contributed by atoms with Crippen LogP contribution in [0.3, 0.4) is 0 Å². The van der Waals surface area contributed by atoms with Crippen molar-refractivity contribution in [3.8, 4) is 5.75 Å². The Morgan fingerprint density at radius 3 is 2.75 bits per heavy atom. The molecule has 0 fully saturated rings. The lowest BCUT2D eigenvalue weighted by atomic mass is 10.1.